The number of carbonyl (C=O) groups excluding carboxylic acids is 1. The predicted molar refractivity (Wildman–Crippen MR) is 87.7 cm³/mol. The summed E-state index contributed by atoms with van der Waals surface area (Å²) in [6.07, 6.45) is 0. The smallest absolute Gasteiger partial charge is 0.269 e. The van der Waals surface area contributed by atoms with E-state index < -0.39 is 0 Å². The van der Waals surface area contributed by atoms with Gasteiger partial charge < -0.3 is 5.32 Å². The van der Waals surface area contributed by atoms with E-state index >= 15 is 0 Å². The molecule has 1 amide bonds. The average Bonchev–Trinajstić information content (AvgIpc) is 2.43. The lowest BCUT2D eigenvalue weighted by molar-refractivity contribution is 0.0932. The molecular weight excluding hydrogens is 284 g/mol. The summed E-state index contributed by atoms with van der Waals surface area (Å²) in [6, 6.07) is 9.42. The maximum Gasteiger partial charge on any atom is 0.269 e. The number of pyridine rings is 1. The second kappa shape index (κ2) is 6.02. The summed E-state index contributed by atoms with van der Waals surface area (Å²) in [5, 5.41) is 5.08. The number of amides is 1. The average molecular weight is 305 g/mol. The number of benzene rings is 1. The Morgan fingerprint density at radius 2 is 2.00 bits per heavy atom. The van der Waals surface area contributed by atoms with Gasteiger partial charge in [0.1, 0.15) is 10.8 Å². The summed E-state index contributed by atoms with van der Waals surface area (Å²) in [5.41, 5.74) is 0.515. The number of carbonyl (C=O) groups is 1. The quantitative estimate of drug-likeness (QED) is 0.859. The topological polar surface area (TPSA) is 42.0 Å². The Kier molecular flexibility index (Phi) is 4.52. The molecule has 1 aromatic heterocycles. The molecule has 0 spiro atoms. The number of aromatic nitrogens is 1. The molecule has 3 nitrogen and oxygen atoms in total. The number of nitrogens with zero attached hydrogens (tertiary/aromatic N) is 1. The van der Waals surface area contributed by atoms with Crippen molar-refractivity contribution in [3.05, 3.63) is 41.2 Å². The molecule has 21 heavy (non-hydrogen) atoms. The van der Waals surface area contributed by atoms with Crippen molar-refractivity contribution in [3.63, 3.8) is 0 Å². The Balaban J connectivity index is 2.17. The van der Waals surface area contributed by atoms with Crippen LogP contribution >= 0.6 is 11.6 Å². The Morgan fingerprint density at radius 3 is 2.67 bits per heavy atom. The van der Waals surface area contributed by atoms with Crippen LogP contribution in [0.15, 0.2) is 30.3 Å². The number of fused-ring (bicyclic) bond motifs is 1. The minimum Gasteiger partial charge on any atom is -0.350 e. The lowest BCUT2D eigenvalue weighted by Crippen LogP contribution is -2.34. The zero-order chi connectivity index (χ0) is 15.6. The standard InChI is InChI=1S/C17H21ClN2O/c1-11(17(2,3)4)10-19-16(21)14-9-12-7-5-6-8-13(12)15(18)20-14/h5-9,11H,10H2,1-4H3,(H,19,21). The summed E-state index contributed by atoms with van der Waals surface area (Å²) >= 11 is 6.15. The third-order valence-electron chi connectivity index (χ3n) is 3.97. The van der Waals surface area contributed by atoms with Crippen molar-refractivity contribution in [2.45, 2.75) is 27.7 Å². The molecule has 0 fully saturated rings. The first-order chi connectivity index (χ1) is 9.79. The number of nitrogens with one attached hydrogen (secondary N) is 1. The number of hydrogen-bond donors (Lipinski definition) is 1. The maximum atomic E-state index is 12.2. The van der Waals surface area contributed by atoms with Gasteiger partial charge in [-0.25, -0.2) is 4.98 Å². The van der Waals surface area contributed by atoms with Crippen molar-refractivity contribution in [2.75, 3.05) is 6.54 Å². The fourth-order valence-electron chi connectivity index (χ4n) is 1.92. The van der Waals surface area contributed by atoms with Crippen LogP contribution in [-0.4, -0.2) is 17.4 Å². The van der Waals surface area contributed by atoms with E-state index in [1.807, 2.05) is 24.3 Å². The van der Waals surface area contributed by atoms with Gasteiger partial charge >= 0.3 is 0 Å². The molecular formula is C17H21ClN2O. The Bertz CT molecular complexity index is 661. The number of rotatable bonds is 3. The molecule has 1 unspecified atom stereocenters. The van der Waals surface area contributed by atoms with Crippen molar-refractivity contribution in [1.82, 2.24) is 10.3 Å². The fourth-order valence-corrected chi connectivity index (χ4v) is 2.18. The highest BCUT2D eigenvalue weighted by Crippen LogP contribution is 2.25. The van der Waals surface area contributed by atoms with Gasteiger partial charge in [-0.2, -0.15) is 0 Å². The molecule has 4 heteroatoms. The summed E-state index contributed by atoms with van der Waals surface area (Å²) < 4.78 is 0. The summed E-state index contributed by atoms with van der Waals surface area (Å²) in [5.74, 6) is 0.191. The van der Waals surface area contributed by atoms with Crippen LogP contribution in [-0.2, 0) is 0 Å². The second-order valence-corrected chi connectivity index (χ2v) is 6.85. The first kappa shape index (κ1) is 15.8. The third-order valence-corrected chi connectivity index (χ3v) is 4.26. The first-order valence-corrected chi connectivity index (χ1v) is 7.50. The molecule has 1 N–H and O–H groups in total. The number of hydrogen-bond acceptors (Lipinski definition) is 2. The van der Waals surface area contributed by atoms with Crippen LogP contribution < -0.4 is 5.32 Å². The number of halogens is 1. The van der Waals surface area contributed by atoms with Crippen molar-refractivity contribution in [2.24, 2.45) is 11.3 Å². The van der Waals surface area contributed by atoms with Crippen LogP contribution in [0.3, 0.4) is 0 Å². The first-order valence-electron chi connectivity index (χ1n) is 7.12. The van der Waals surface area contributed by atoms with Crippen LogP contribution in [0.2, 0.25) is 5.15 Å². The van der Waals surface area contributed by atoms with E-state index in [0.717, 1.165) is 10.8 Å². The van der Waals surface area contributed by atoms with Crippen LogP contribution in [0.5, 0.6) is 0 Å². The van der Waals surface area contributed by atoms with Crippen LogP contribution in [0.25, 0.3) is 10.8 Å². The lowest BCUT2D eigenvalue weighted by Gasteiger charge is -2.27. The molecule has 0 aliphatic rings. The molecule has 2 rings (SSSR count). The molecule has 0 aliphatic heterocycles. The van der Waals surface area contributed by atoms with Crippen LogP contribution in [0.4, 0.5) is 0 Å². The third kappa shape index (κ3) is 3.73. The van der Waals surface area contributed by atoms with E-state index in [0.29, 0.717) is 23.3 Å². The van der Waals surface area contributed by atoms with E-state index in [4.69, 9.17) is 11.6 Å². The molecule has 0 radical (unpaired) electrons. The van der Waals surface area contributed by atoms with Gasteiger partial charge in [-0.3, -0.25) is 4.79 Å². The van der Waals surface area contributed by atoms with Gasteiger partial charge in [-0.05, 0) is 22.8 Å². The van der Waals surface area contributed by atoms with E-state index in [2.05, 4.69) is 38.0 Å². The van der Waals surface area contributed by atoms with E-state index in [9.17, 15) is 4.79 Å². The SMILES string of the molecule is CC(CNC(=O)c1cc2ccccc2c(Cl)n1)C(C)(C)C. The van der Waals surface area contributed by atoms with E-state index in [1.165, 1.54) is 0 Å². The highest BCUT2D eigenvalue weighted by Gasteiger charge is 2.21. The Labute approximate surface area is 130 Å². The minimum atomic E-state index is -0.182. The molecule has 2 aromatic rings. The summed E-state index contributed by atoms with van der Waals surface area (Å²) in [6.45, 7) is 9.23. The summed E-state index contributed by atoms with van der Waals surface area (Å²) in [7, 11) is 0. The molecule has 0 saturated heterocycles. The Hall–Kier alpha value is -1.61. The van der Waals surface area contributed by atoms with Crippen LogP contribution in [0.1, 0.15) is 38.2 Å². The molecule has 0 aliphatic carbocycles. The van der Waals surface area contributed by atoms with Crippen molar-refractivity contribution >= 4 is 28.3 Å². The van der Waals surface area contributed by atoms with Gasteiger partial charge in [-0.15, -0.1) is 0 Å². The highest BCUT2D eigenvalue weighted by molar-refractivity contribution is 6.34. The minimum absolute atomic E-state index is 0.155. The second-order valence-electron chi connectivity index (χ2n) is 6.50. The van der Waals surface area contributed by atoms with Crippen molar-refractivity contribution < 1.29 is 4.79 Å². The molecule has 1 atom stereocenters. The van der Waals surface area contributed by atoms with E-state index in [1.54, 1.807) is 6.07 Å². The van der Waals surface area contributed by atoms with Crippen molar-refractivity contribution in [1.29, 1.82) is 0 Å². The predicted octanol–water partition coefficient (Wildman–Crippen LogP) is 4.30. The zero-order valence-electron chi connectivity index (χ0n) is 12.9. The van der Waals surface area contributed by atoms with Gasteiger partial charge in [0, 0.05) is 11.9 Å². The highest BCUT2D eigenvalue weighted by atomic mass is 35.5. The normalized spacial score (nSPS) is 13.2. The van der Waals surface area contributed by atoms with Gasteiger partial charge in [0.05, 0.1) is 0 Å². The van der Waals surface area contributed by atoms with Gasteiger partial charge in [0.15, 0.2) is 0 Å². The monoisotopic (exact) mass is 304 g/mol. The molecule has 1 heterocycles. The molecule has 112 valence electrons. The van der Waals surface area contributed by atoms with Gasteiger partial charge in [-0.1, -0.05) is 63.6 Å². The molecule has 1 aromatic carbocycles. The zero-order valence-corrected chi connectivity index (χ0v) is 13.7. The molecule has 0 bridgehead atoms. The molecule has 0 saturated carbocycles. The summed E-state index contributed by atoms with van der Waals surface area (Å²) in [4.78, 5) is 16.4. The largest absolute Gasteiger partial charge is 0.350 e. The van der Waals surface area contributed by atoms with E-state index in [-0.39, 0.29) is 11.3 Å². The fraction of sp³-hybridized carbons (Fsp3) is 0.412. The van der Waals surface area contributed by atoms with Gasteiger partial charge in [0.25, 0.3) is 5.91 Å². The van der Waals surface area contributed by atoms with Crippen LogP contribution in [0, 0.1) is 11.3 Å². The van der Waals surface area contributed by atoms with Gasteiger partial charge in [0.2, 0.25) is 0 Å². The Morgan fingerprint density at radius 1 is 1.33 bits per heavy atom. The lowest BCUT2D eigenvalue weighted by atomic mass is 9.82. The maximum absolute atomic E-state index is 12.2. The van der Waals surface area contributed by atoms with Crippen molar-refractivity contribution in [3.8, 4) is 0 Å².